The number of nitriles is 1. The van der Waals surface area contributed by atoms with Crippen molar-refractivity contribution >= 4 is 23.9 Å². The Hall–Kier alpha value is -5.17. The fourth-order valence-electron chi connectivity index (χ4n) is 3.11. The highest BCUT2D eigenvalue weighted by Crippen LogP contribution is 2.39. The zero-order valence-corrected chi connectivity index (χ0v) is 16.5. The third-order valence-electron chi connectivity index (χ3n) is 4.58. The second kappa shape index (κ2) is 8.91. The summed E-state index contributed by atoms with van der Waals surface area (Å²) < 4.78 is 5.74. The number of rotatable bonds is 7. The van der Waals surface area contributed by atoms with Crippen LogP contribution in [0.2, 0.25) is 0 Å². The fourth-order valence-corrected chi connectivity index (χ4v) is 3.11. The van der Waals surface area contributed by atoms with Crippen LogP contribution in [0.3, 0.4) is 0 Å². The van der Waals surface area contributed by atoms with Crippen molar-refractivity contribution in [3.8, 4) is 28.7 Å². The molecule has 0 aromatic heterocycles. The molecule has 0 aliphatic heterocycles. The second-order valence-electron chi connectivity index (χ2n) is 6.58. The van der Waals surface area contributed by atoms with Crippen molar-refractivity contribution in [1.82, 2.24) is 0 Å². The van der Waals surface area contributed by atoms with E-state index in [1.165, 1.54) is 12.1 Å². The number of nitrogens with zero attached hydrogens (tertiary/aromatic N) is 1. The molecule has 0 saturated heterocycles. The van der Waals surface area contributed by atoms with E-state index in [1.807, 2.05) is 0 Å². The zero-order chi connectivity index (χ0) is 24.3. The van der Waals surface area contributed by atoms with Gasteiger partial charge in [0.15, 0.2) is 0 Å². The SMILES string of the molecule is N#Cc1cc(C(=O)O)c(C(=O)O)cc1-c1cc(C(=O)O)c(C(=O)O)cc1Oc1ccccc1. The number of carboxylic acid groups (broad SMARTS) is 4. The van der Waals surface area contributed by atoms with Gasteiger partial charge < -0.3 is 25.2 Å². The van der Waals surface area contributed by atoms with Crippen LogP contribution in [-0.4, -0.2) is 44.3 Å². The van der Waals surface area contributed by atoms with Gasteiger partial charge in [0.25, 0.3) is 0 Å². The van der Waals surface area contributed by atoms with Gasteiger partial charge in [-0.25, -0.2) is 19.2 Å². The molecule has 0 spiro atoms. The van der Waals surface area contributed by atoms with Gasteiger partial charge in [0.2, 0.25) is 0 Å². The molecule has 0 radical (unpaired) electrons. The molecule has 0 heterocycles. The van der Waals surface area contributed by atoms with Gasteiger partial charge in [-0.3, -0.25) is 0 Å². The van der Waals surface area contributed by atoms with E-state index in [9.17, 15) is 44.9 Å². The third-order valence-corrected chi connectivity index (χ3v) is 4.58. The lowest BCUT2D eigenvalue weighted by Gasteiger charge is -2.16. The summed E-state index contributed by atoms with van der Waals surface area (Å²) in [6.45, 7) is 0. The molecule has 0 atom stereocenters. The molecule has 0 fully saturated rings. The number of hydrogen-bond acceptors (Lipinski definition) is 6. The minimum absolute atomic E-state index is 0.114. The fraction of sp³-hybridized carbons (Fsp3) is 0. The molecule has 0 saturated carbocycles. The number of para-hydroxylation sites is 1. The second-order valence-corrected chi connectivity index (χ2v) is 6.58. The highest BCUT2D eigenvalue weighted by atomic mass is 16.5. The summed E-state index contributed by atoms with van der Waals surface area (Å²) in [6.07, 6.45) is 0. The van der Waals surface area contributed by atoms with Crippen molar-refractivity contribution in [2.45, 2.75) is 0 Å². The lowest BCUT2D eigenvalue weighted by atomic mass is 9.91. The molecule has 10 heteroatoms. The Balaban J connectivity index is 2.41. The van der Waals surface area contributed by atoms with Crippen LogP contribution in [0.15, 0.2) is 54.6 Å². The molecule has 0 bridgehead atoms. The minimum atomic E-state index is -1.59. The monoisotopic (exact) mass is 447 g/mol. The number of aromatic carboxylic acids is 4. The number of benzene rings is 3. The molecular weight excluding hydrogens is 434 g/mol. The van der Waals surface area contributed by atoms with Crippen molar-refractivity contribution < 1.29 is 44.3 Å². The first-order chi connectivity index (χ1) is 15.6. The third kappa shape index (κ3) is 4.47. The van der Waals surface area contributed by atoms with E-state index in [4.69, 9.17) is 4.74 Å². The van der Waals surface area contributed by atoms with Gasteiger partial charge in [-0.05, 0) is 36.4 Å². The molecule has 3 aromatic rings. The van der Waals surface area contributed by atoms with Crippen molar-refractivity contribution in [2.24, 2.45) is 0 Å². The van der Waals surface area contributed by atoms with Crippen LogP contribution < -0.4 is 4.74 Å². The van der Waals surface area contributed by atoms with Gasteiger partial charge in [0.05, 0.1) is 33.9 Å². The van der Waals surface area contributed by atoms with Gasteiger partial charge in [0, 0.05) is 11.1 Å². The Bertz CT molecular complexity index is 1350. The van der Waals surface area contributed by atoms with E-state index in [-0.39, 0.29) is 28.2 Å². The molecule has 3 rings (SSSR count). The maximum atomic E-state index is 11.7. The van der Waals surface area contributed by atoms with Crippen LogP contribution in [0.4, 0.5) is 0 Å². The molecule has 0 aliphatic carbocycles. The Morgan fingerprint density at radius 2 is 1.12 bits per heavy atom. The van der Waals surface area contributed by atoms with E-state index in [1.54, 1.807) is 24.3 Å². The van der Waals surface area contributed by atoms with E-state index < -0.39 is 46.1 Å². The summed E-state index contributed by atoms with van der Waals surface area (Å²) in [5.74, 6) is -6.24. The van der Waals surface area contributed by atoms with E-state index in [2.05, 4.69) is 0 Å². The Labute approximate surface area is 185 Å². The molecule has 164 valence electrons. The predicted octanol–water partition coefficient (Wildman–Crippen LogP) is 3.81. The molecule has 0 aliphatic rings. The first-order valence-electron chi connectivity index (χ1n) is 9.06. The lowest BCUT2D eigenvalue weighted by molar-refractivity contribution is 0.0651. The van der Waals surface area contributed by atoms with Gasteiger partial charge in [0.1, 0.15) is 11.5 Å². The maximum absolute atomic E-state index is 11.7. The molecule has 33 heavy (non-hydrogen) atoms. The van der Waals surface area contributed by atoms with Crippen LogP contribution in [0.1, 0.15) is 47.0 Å². The van der Waals surface area contributed by atoms with E-state index in [0.717, 1.165) is 24.3 Å². The molecule has 3 aromatic carbocycles. The summed E-state index contributed by atoms with van der Waals surface area (Å²) in [7, 11) is 0. The standard InChI is InChI=1S/C23H13NO9/c24-10-11-6-15(20(25)26)16(21(27)28)7-13(11)14-8-17(22(29)30)18(23(31)32)9-19(14)33-12-4-2-1-3-5-12/h1-9H,(H,25,26)(H,27,28)(H,29,30)(H,31,32). The summed E-state index contributed by atoms with van der Waals surface area (Å²) in [5.41, 5.74) is -3.08. The molecule has 0 unspecified atom stereocenters. The number of carbonyl (C=O) groups is 4. The van der Waals surface area contributed by atoms with Gasteiger partial charge >= 0.3 is 23.9 Å². The summed E-state index contributed by atoms with van der Waals surface area (Å²) in [5, 5.41) is 47.3. The van der Waals surface area contributed by atoms with Crippen molar-refractivity contribution in [1.29, 1.82) is 5.26 Å². The molecular formula is C23H13NO9. The Morgan fingerprint density at radius 1 is 0.667 bits per heavy atom. The largest absolute Gasteiger partial charge is 0.478 e. The number of ether oxygens (including phenoxy) is 1. The maximum Gasteiger partial charge on any atom is 0.336 e. The first kappa shape index (κ1) is 22.5. The minimum Gasteiger partial charge on any atom is -0.478 e. The van der Waals surface area contributed by atoms with Gasteiger partial charge in [-0.1, -0.05) is 18.2 Å². The Kier molecular flexibility index (Phi) is 6.08. The number of carboxylic acids is 4. The van der Waals surface area contributed by atoms with Crippen molar-refractivity contribution in [3.63, 3.8) is 0 Å². The normalized spacial score (nSPS) is 10.2. The van der Waals surface area contributed by atoms with E-state index in [0.29, 0.717) is 0 Å². The summed E-state index contributed by atoms with van der Waals surface area (Å²) in [4.78, 5) is 46.5. The molecule has 0 amide bonds. The first-order valence-corrected chi connectivity index (χ1v) is 9.06. The van der Waals surface area contributed by atoms with Crippen LogP contribution in [0.5, 0.6) is 11.5 Å². The highest BCUT2D eigenvalue weighted by molar-refractivity contribution is 6.06. The smallest absolute Gasteiger partial charge is 0.336 e. The molecule has 4 N–H and O–H groups in total. The van der Waals surface area contributed by atoms with Crippen LogP contribution in [0.25, 0.3) is 11.1 Å². The van der Waals surface area contributed by atoms with Crippen molar-refractivity contribution in [3.05, 3.63) is 82.4 Å². The quantitative estimate of drug-likeness (QED) is 0.415. The van der Waals surface area contributed by atoms with Gasteiger partial charge in [-0.2, -0.15) is 5.26 Å². The van der Waals surface area contributed by atoms with Gasteiger partial charge in [-0.15, -0.1) is 0 Å². The summed E-state index contributed by atoms with van der Waals surface area (Å²) in [6, 6.07) is 13.4. The lowest BCUT2D eigenvalue weighted by Crippen LogP contribution is -2.11. The highest BCUT2D eigenvalue weighted by Gasteiger charge is 2.26. The van der Waals surface area contributed by atoms with Crippen molar-refractivity contribution in [2.75, 3.05) is 0 Å². The summed E-state index contributed by atoms with van der Waals surface area (Å²) >= 11 is 0. The predicted molar refractivity (Wildman–Crippen MR) is 111 cm³/mol. The topological polar surface area (TPSA) is 182 Å². The Morgan fingerprint density at radius 3 is 1.61 bits per heavy atom. The van der Waals surface area contributed by atoms with Crippen LogP contribution >= 0.6 is 0 Å². The number of hydrogen-bond donors (Lipinski definition) is 4. The average Bonchev–Trinajstić information content (AvgIpc) is 2.78. The average molecular weight is 447 g/mol. The van der Waals surface area contributed by atoms with Crippen LogP contribution in [0, 0.1) is 11.3 Å². The zero-order valence-electron chi connectivity index (χ0n) is 16.5. The van der Waals surface area contributed by atoms with Crippen LogP contribution in [-0.2, 0) is 0 Å². The molecule has 10 nitrogen and oxygen atoms in total. The van der Waals surface area contributed by atoms with E-state index >= 15 is 0 Å².